The lowest BCUT2D eigenvalue weighted by Crippen LogP contribution is -2.59. The summed E-state index contributed by atoms with van der Waals surface area (Å²) in [5, 5.41) is 28.3. The van der Waals surface area contributed by atoms with Crippen molar-refractivity contribution in [3.63, 3.8) is 0 Å². The van der Waals surface area contributed by atoms with Gasteiger partial charge in [0, 0.05) is 30.6 Å². The molecule has 2 N–H and O–H groups in total. The number of nitriles is 1. The number of nitrogens with zero attached hydrogens (tertiary/aromatic N) is 8. The first-order chi connectivity index (χ1) is 20.1. The van der Waals surface area contributed by atoms with Crippen molar-refractivity contribution in [3.8, 4) is 6.07 Å². The Balaban J connectivity index is 1.36. The SMILES string of the molecule is Cn1ccc2c([C@H](Nc3cc4c(NCC(C)(C)C)ncnc4c(C#N)n3)c3cn(C45CC(C4)C5)nn3)cccc2c1=O. The van der Waals surface area contributed by atoms with Gasteiger partial charge in [0.2, 0.25) is 0 Å². The van der Waals surface area contributed by atoms with E-state index in [2.05, 4.69) is 62.7 Å². The second kappa shape index (κ2) is 9.34. The number of nitrogens with one attached hydrogen (secondary N) is 2. The molecule has 0 amide bonds. The number of anilines is 2. The molecule has 3 saturated carbocycles. The largest absolute Gasteiger partial charge is 0.369 e. The van der Waals surface area contributed by atoms with E-state index in [9.17, 15) is 10.1 Å². The van der Waals surface area contributed by atoms with Gasteiger partial charge >= 0.3 is 0 Å². The fourth-order valence-electron chi connectivity index (χ4n) is 6.17. The number of aromatic nitrogens is 7. The van der Waals surface area contributed by atoms with E-state index >= 15 is 0 Å². The zero-order valence-corrected chi connectivity index (χ0v) is 24.1. The summed E-state index contributed by atoms with van der Waals surface area (Å²) < 4.78 is 3.59. The van der Waals surface area contributed by atoms with E-state index in [0.717, 1.165) is 36.1 Å². The molecule has 4 heterocycles. The predicted molar refractivity (Wildman–Crippen MR) is 160 cm³/mol. The summed E-state index contributed by atoms with van der Waals surface area (Å²) >= 11 is 0. The maximum atomic E-state index is 13.0. The number of hydrogen-bond acceptors (Lipinski definition) is 9. The highest BCUT2D eigenvalue weighted by Crippen LogP contribution is 2.62. The maximum Gasteiger partial charge on any atom is 0.258 e. The zero-order chi connectivity index (χ0) is 29.2. The second-order valence-electron chi connectivity index (χ2n) is 12.9. The molecule has 11 nitrogen and oxygen atoms in total. The molecule has 0 spiro atoms. The summed E-state index contributed by atoms with van der Waals surface area (Å²) in [6.07, 6.45) is 8.65. The van der Waals surface area contributed by atoms with Crippen LogP contribution in [0.5, 0.6) is 0 Å². The Morgan fingerprint density at radius 2 is 1.95 bits per heavy atom. The van der Waals surface area contributed by atoms with Gasteiger partial charge < -0.3 is 15.2 Å². The molecule has 3 aliphatic carbocycles. The highest BCUT2D eigenvalue weighted by atomic mass is 16.1. The van der Waals surface area contributed by atoms with Crippen LogP contribution >= 0.6 is 0 Å². The summed E-state index contributed by atoms with van der Waals surface area (Å²) in [4.78, 5) is 26.5. The van der Waals surface area contributed by atoms with Crippen LogP contribution in [0.2, 0.25) is 0 Å². The van der Waals surface area contributed by atoms with E-state index in [1.807, 2.05) is 41.2 Å². The van der Waals surface area contributed by atoms with Crippen molar-refractivity contribution in [3.05, 3.63) is 76.4 Å². The molecule has 42 heavy (non-hydrogen) atoms. The lowest BCUT2D eigenvalue weighted by molar-refractivity contribution is -0.0989. The average molecular weight is 561 g/mol. The molecule has 5 aromatic rings. The lowest BCUT2D eigenvalue weighted by atomic mass is 9.50. The van der Waals surface area contributed by atoms with Gasteiger partial charge in [0.1, 0.15) is 35.2 Å². The molecule has 1 atom stereocenters. The predicted octanol–water partition coefficient (Wildman–Crippen LogP) is 4.51. The van der Waals surface area contributed by atoms with Crippen molar-refractivity contribution in [2.45, 2.75) is 51.6 Å². The molecular formula is C31H32N10O. The van der Waals surface area contributed by atoms with Gasteiger partial charge in [-0.1, -0.05) is 38.1 Å². The van der Waals surface area contributed by atoms with E-state index in [1.165, 1.54) is 6.33 Å². The first-order valence-corrected chi connectivity index (χ1v) is 14.2. The molecule has 212 valence electrons. The van der Waals surface area contributed by atoms with Gasteiger partial charge in [-0.05, 0) is 59.7 Å². The minimum atomic E-state index is -0.492. The Bertz CT molecular complexity index is 1940. The van der Waals surface area contributed by atoms with Crippen LogP contribution in [0, 0.1) is 22.7 Å². The topological polar surface area (TPSA) is 139 Å². The van der Waals surface area contributed by atoms with Crippen molar-refractivity contribution in [2.24, 2.45) is 18.4 Å². The minimum Gasteiger partial charge on any atom is -0.369 e. The zero-order valence-electron chi connectivity index (χ0n) is 24.1. The number of benzene rings is 1. The number of hydrogen-bond donors (Lipinski definition) is 2. The molecule has 3 aliphatic rings. The van der Waals surface area contributed by atoms with Crippen LogP contribution in [-0.4, -0.2) is 41.1 Å². The average Bonchev–Trinajstić information content (AvgIpc) is 3.39. The molecule has 11 heteroatoms. The number of pyridine rings is 2. The summed E-state index contributed by atoms with van der Waals surface area (Å²) in [7, 11) is 1.75. The molecule has 4 aromatic heterocycles. The molecule has 0 unspecified atom stereocenters. The molecule has 2 bridgehead atoms. The van der Waals surface area contributed by atoms with E-state index in [1.54, 1.807) is 17.8 Å². The molecule has 0 saturated heterocycles. The van der Waals surface area contributed by atoms with Gasteiger partial charge in [0.15, 0.2) is 5.69 Å². The molecule has 0 radical (unpaired) electrons. The smallest absolute Gasteiger partial charge is 0.258 e. The van der Waals surface area contributed by atoms with Crippen molar-refractivity contribution in [2.75, 3.05) is 17.2 Å². The van der Waals surface area contributed by atoms with Crippen LogP contribution in [0.15, 0.2) is 53.8 Å². The van der Waals surface area contributed by atoms with Crippen molar-refractivity contribution < 1.29 is 0 Å². The quantitative estimate of drug-likeness (QED) is 0.294. The van der Waals surface area contributed by atoms with E-state index in [-0.39, 0.29) is 22.2 Å². The van der Waals surface area contributed by atoms with Crippen LogP contribution in [0.3, 0.4) is 0 Å². The number of rotatable bonds is 7. The third-order valence-corrected chi connectivity index (χ3v) is 8.57. The van der Waals surface area contributed by atoms with E-state index in [4.69, 9.17) is 0 Å². The molecule has 0 aliphatic heterocycles. The Hall–Kier alpha value is -4.85. The second-order valence-corrected chi connectivity index (χ2v) is 12.9. The fourth-order valence-corrected chi connectivity index (χ4v) is 6.17. The highest BCUT2D eigenvalue weighted by Gasteiger charge is 2.59. The summed E-state index contributed by atoms with van der Waals surface area (Å²) in [6.45, 7) is 7.10. The summed E-state index contributed by atoms with van der Waals surface area (Å²) in [5.41, 5.74) is 2.28. The highest BCUT2D eigenvalue weighted by molar-refractivity contribution is 5.93. The first kappa shape index (κ1) is 26.1. The molecule has 1 aromatic carbocycles. The summed E-state index contributed by atoms with van der Waals surface area (Å²) in [5.74, 6) is 1.91. The Labute approximate surface area is 242 Å². The van der Waals surface area contributed by atoms with Crippen LogP contribution < -0.4 is 16.2 Å². The molecule has 3 fully saturated rings. The third-order valence-electron chi connectivity index (χ3n) is 8.57. The van der Waals surface area contributed by atoms with Gasteiger partial charge in [-0.15, -0.1) is 5.10 Å². The molecular weight excluding hydrogens is 528 g/mol. The number of fused-ring (bicyclic) bond motifs is 2. The summed E-state index contributed by atoms with van der Waals surface area (Å²) in [6, 6.07) is 11.2. The monoisotopic (exact) mass is 560 g/mol. The van der Waals surface area contributed by atoms with Gasteiger partial charge in [-0.25, -0.2) is 19.6 Å². The molecule has 8 rings (SSSR count). The van der Waals surface area contributed by atoms with E-state index in [0.29, 0.717) is 40.2 Å². The van der Waals surface area contributed by atoms with Gasteiger partial charge in [-0.3, -0.25) is 4.79 Å². The van der Waals surface area contributed by atoms with Crippen LogP contribution in [0.1, 0.15) is 63.0 Å². The Kier molecular flexibility index (Phi) is 5.80. The van der Waals surface area contributed by atoms with Crippen LogP contribution in [-0.2, 0) is 12.6 Å². The normalized spacial score (nSPS) is 20.0. The standard InChI is InChI=1S/C31H32N10O/c1-30(2,3)16-33-28-22-10-25(36-23(14-32)26(22)34-17-35-28)37-27(24-15-41(39-38-24)31-11-18(12-31)13-31)20-6-5-7-21-19(20)8-9-40(4)29(21)42/h5-10,15,17-18,27H,11-13,16H2,1-4H3,(H,36,37)(H,33,34,35)/t18?,27-,31?/m0/s1. The fraction of sp³-hybridized carbons (Fsp3) is 0.387. The van der Waals surface area contributed by atoms with Crippen molar-refractivity contribution in [1.82, 2.24) is 34.5 Å². The number of aryl methyl sites for hydroxylation is 1. The lowest BCUT2D eigenvalue weighted by Gasteiger charge is -2.61. The maximum absolute atomic E-state index is 13.0. The van der Waals surface area contributed by atoms with Crippen molar-refractivity contribution >= 4 is 33.3 Å². The van der Waals surface area contributed by atoms with Crippen molar-refractivity contribution in [1.29, 1.82) is 5.26 Å². The van der Waals surface area contributed by atoms with E-state index < -0.39 is 6.04 Å². The van der Waals surface area contributed by atoms with Crippen LogP contribution in [0.25, 0.3) is 21.7 Å². The van der Waals surface area contributed by atoms with Gasteiger partial charge in [0.25, 0.3) is 5.56 Å². The Morgan fingerprint density at radius 1 is 1.14 bits per heavy atom. The van der Waals surface area contributed by atoms with Gasteiger partial charge in [-0.2, -0.15) is 5.26 Å². The minimum absolute atomic E-state index is 0.0200. The first-order valence-electron chi connectivity index (χ1n) is 14.2. The van der Waals surface area contributed by atoms with Crippen LogP contribution in [0.4, 0.5) is 11.6 Å². The third kappa shape index (κ3) is 4.26. The Morgan fingerprint density at radius 3 is 2.67 bits per heavy atom. The van der Waals surface area contributed by atoms with Gasteiger partial charge in [0.05, 0.1) is 17.8 Å².